The van der Waals surface area contributed by atoms with Gasteiger partial charge < -0.3 is 14.5 Å². The average molecular weight is 400 g/mol. The number of nitrogens with zero attached hydrogens (tertiary/aromatic N) is 5. The lowest BCUT2D eigenvalue weighted by Crippen LogP contribution is -2.48. The summed E-state index contributed by atoms with van der Waals surface area (Å²) in [5, 5.41) is 5.49. The number of hydrogen-bond donors (Lipinski definition) is 0. The molecule has 0 spiro atoms. The lowest BCUT2D eigenvalue weighted by molar-refractivity contribution is 0.0739. The van der Waals surface area contributed by atoms with Gasteiger partial charge in [0.25, 0.3) is 5.91 Å². The van der Waals surface area contributed by atoms with Crippen molar-refractivity contribution in [1.82, 2.24) is 19.7 Å². The van der Waals surface area contributed by atoms with Crippen LogP contribution in [0.25, 0.3) is 10.2 Å². The molecule has 1 aromatic carbocycles. The number of carbonyl (C=O) groups excluding carboxylic acids is 1. The molecule has 0 bridgehead atoms. The Kier molecular flexibility index (Phi) is 4.97. The molecule has 4 rings (SSSR count). The standard InChI is InChI=1S/C20H25N5O2S/c1-13(2)25-14(3)11-17(22-25)19(26)23-7-9-24(10-8-23)20-21-16-6-5-15(27-4)12-18(16)28-20/h5-6,11-13H,7-10H2,1-4H3. The molecule has 1 amide bonds. The lowest BCUT2D eigenvalue weighted by Gasteiger charge is -2.34. The van der Waals surface area contributed by atoms with Crippen molar-refractivity contribution in [3.63, 3.8) is 0 Å². The zero-order chi connectivity index (χ0) is 19.8. The van der Waals surface area contributed by atoms with Crippen LogP contribution in [0.2, 0.25) is 0 Å². The highest BCUT2D eigenvalue weighted by Crippen LogP contribution is 2.32. The molecule has 1 aliphatic heterocycles. The second-order valence-electron chi connectivity index (χ2n) is 7.32. The number of fused-ring (bicyclic) bond motifs is 1. The molecule has 0 atom stereocenters. The van der Waals surface area contributed by atoms with E-state index in [-0.39, 0.29) is 11.9 Å². The maximum Gasteiger partial charge on any atom is 0.274 e. The van der Waals surface area contributed by atoms with Crippen molar-refractivity contribution in [2.45, 2.75) is 26.8 Å². The van der Waals surface area contributed by atoms with E-state index < -0.39 is 0 Å². The molecule has 0 N–H and O–H groups in total. The molecule has 1 saturated heterocycles. The van der Waals surface area contributed by atoms with Gasteiger partial charge in [0.1, 0.15) is 5.75 Å². The number of thiazole rings is 1. The Morgan fingerprint density at radius 2 is 1.93 bits per heavy atom. The van der Waals surface area contributed by atoms with Gasteiger partial charge in [-0.2, -0.15) is 5.10 Å². The summed E-state index contributed by atoms with van der Waals surface area (Å²) in [5.74, 6) is 0.852. The summed E-state index contributed by atoms with van der Waals surface area (Å²) in [6.45, 7) is 9.02. The van der Waals surface area contributed by atoms with Gasteiger partial charge in [-0.1, -0.05) is 11.3 Å². The van der Waals surface area contributed by atoms with Crippen LogP contribution >= 0.6 is 11.3 Å². The number of piperazine rings is 1. The summed E-state index contributed by atoms with van der Waals surface area (Å²) in [6, 6.07) is 8.07. The fourth-order valence-corrected chi connectivity index (χ4v) is 4.58. The van der Waals surface area contributed by atoms with Crippen LogP contribution < -0.4 is 9.64 Å². The zero-order valence-corrected chi connectivity index (χ0v) is 17.5. The molecule has 1 aliphatic rings. The SMILES string of the molecule is COc1ccc2nc(N3CCN(C(=O)c4cc(C)n(C(C)C)n4)CC3)sc2c1. The minimum absolute atomic E-state index is 0.0104. The van der Waals surface area contributed by atoms with Crippen molar-refractivity contribution >= 4 is 32.6 Å². The molecule has 3 heterocycles. The summed E-state index contributed by atoms with van der Waals surface area (Å²) in [7, 11) is 1.67. The maximum atomic E-state index is 12.8. The molecule has 3 aromatic rings. The quantitative estimate of drug-likeness (QED) is 0.673. The van der Waals surface area contributed by atoms with Crippen molar-refractivity contribution in [3.8, 4) is 5.75 Å². The highest BCUT2D eigenvalue weighted by atomic mass is 32.1. The molecule has 28 heavy (non-hydrogen) atoms. The summed E-state index contributed by atoms with van der Waals surface area (Å²) in [6.07, 6.45) is 0. The van der Waals surface area contributed by atoms with Gasteiger partial charge in [-0.15, -0.1) is 0 Å². The number of methoxy groups -OCH3 is 1. The summed E-state index contributed by atoms with van der Waals surface area (Å²) < 4.78 is 8.31. The normalized spacial score (nSPS) is 14.9. The minimum atomic E-state index is 0.0104. The summed E-state index contributed by atoms with van der Waals surface area (Å²) >= 11 is 1.66. The van der Waals surface area contributed by atoms with E-state index in [1.54, 1.807) is 18.4 Å². The first-order chi connectivity index (χ1) is 13.5. The number of benzene rings is 1. The number of rotatable bonds is 4. The van der Waals surface area contributed by atoms with Gasteiger partial charge in [0, 0.05) is 37.9 Å². The minimum Gasteiger partial charge on any atom is -0.497 e. The molecule has 7 nitrogen and oxygen atoms in total. The number of ether oxygens (including phenoxy) is 1. The molecule has 0 unspecified atom stereocenters. The van der Waals surface area contributed by atoms with Gasteiger partial charge in [-0.3, -0.25) is 9.48 Å². The monoisotopic (exact) mass is 399 g/mol. The number of amides is 1. The van der Waals surface area contributed by atoms with Crippen LogP contribution in [0.4, 0.5) is 5.13 Å². The fraction of sp³-hybridized carbons (Fsp3) is 0.450. The van der Waals surface area contributed by atoms with Gasteiger partial charge in [-0.25, -0.2) is 4.98 Å². The third kappa shape index (κ3) is 3.44. The molecular formula is C20H25N5O2S. The average Bonchev–Trinajstić information content (AvgIpc) is 3.30. The maximum absolute atomic E-state index is 12.8. The second kappa shape index (κ2) is 7.43. The third-order valence-electron chi connectivity index (χ3n) is 5.05. The molecule has 1 fully saturated rings. The van der Waals surface area contributed by atoms with Crippen LogP contribution in [0.5, 0.6) is 5.75 Å². The van der Waals surface area contributed by atoms with Crippen LogP contribution in [-0.2, 0) is 0 Å². The first-order valence-electron chi connectivity index (χ1n) is 9.51. The van der Waals surface area contributed by atoms with Crippen LogP contribution in [0.1, 0.15) is 36.1 Å². The van der Waals surface area contributed by atoms with Gasteiger partial charge in [-0.05, 0) is 45.0 Å². The van der Waals surface area contributed by atoms with Crippen LogP contribution in [0.3, 0.4) is 0 Å². The Hall–Kier alpha value is -2.61. The smallest absolute Gasteiger partial charge is 0.274 e. The highest BCUT2D eigenvalue weighted by Gasteiger charge is 2.26. The first-order valence-corrected chi connectivity index (χ1v) is 10.3. The van der Waals surface area contributed by atoms with Crippen molar-refractivity contribution in [1.29, 1.82) is 0 Å². The third-order valence-corrected chi connectivity index (χ3v) is 6.13. The van der Waals surface area contributed by atoms with Gasteiger partial charge in [0.2, 0.25) is 0 Å². The Bertz CT molecular complexity index is 1000. The molecule has 8 heteroatoms. The lowest BCUT2D eigenvalue weighted by atomic mass is 10.2. The molecule has 2 aromatic heterocycles. The predicted molar refractivity (Wildman–Crippen MR) is 112 cm³/mol. The molecule has 0 saturated carbocycles. The number of aryl methyl sites for hydroxylation is 1. The van der Waals surface area contributed by atoms with Crippen LogP contribution in [-0.4, -0.2) is 58.9 Å². The molecule has 0 aliphatic carbocycles. The summed E-state index contributed by atoms with van der Waals surface area (Å²) in [5.41, 5.74) is 2.53. The van der Waals surface area contributed by atoms with E-state index >= 15 is 0 Å². The van der Waals surface area contributed by atoms with Crippen molar-refractivity contribution < 1.29 is 9.53 Å². The Morgan fingerprint density at radius 3 is 2.57 bits per heavy atom. The van der Waals surface area contributed by atoms with E-state index in [0.29, 0.717) is 18.8 Å². The molecule has 148 valence electrons. The van der Waals surface area contributed by atoms with E-state index in [1.807, 2.05) is 40.8 Å². The second-order valence-corrected chi connectivity index (χ2v) is 8.33. The predicted octanol–water partition coefficient (Wildman–Crippen LogP) is 3.35. The van der Waals surface area contributed by atoms with Crippen LogP contribution in [0, 0.1) is 6.92 Å². The number of aromatic nitrogens is 3. The zero-order valence-electron chi connectivity index (χ0n) is 16.7. The van der Waals surface area contributed by atoms with Crippen LogP contribution in [0.15, 0.2) is 24.3 Å². The molecular weight excluding hydrogens is 374 g/mol. The first kappa shape index (κ1) is 18.7. The van der Waals surface area contributed by atoms with E-state index in [4.69, 9.17) is 9.72 Å². The van der Waals surface area contributed by atoms with Crippen molar-refractivity contribution in [3.05, 3.63) is 35.7 Å². The fourth-order valence-electron chi connectivity index (χ4n) is 3.53. The number of hydrogen-bond acceptors (Lipinski definition) is 6. The largest absolute Gasteiger partial charge is 0.497 e. The Labute approximate surface area is 168 Å². The van der Waals surface area contributed by atoms with E-state index in [1.165, 1.54) is 0 Å². The van der Waals surface area contributed by atoms with E-state index in [2.05, 4.69) is 23.8 Å². The number of carbonyl (C=O) groups is 1. The Morgan fingerprint density at radius 1 is 1.18 bits per heavy atom. The summed E-state index contributed by atoms with van der Waals surface area (Å²) in [4.78, 5) is 21.7. The Balaban J connectivity index is 1.44. The molecule has 0 radical (unpaired) electrons. The van der Waals surface area contributed by atoms with Crippen molar-refractivity contribution in [2.24, 2.45) is 0 Å². The topological polar surface area (TPSA) is 63.5 Å². The van der Waals surface area contributed by atoms with Gasteiger partial charge in [0.15, 0.2) is 10.8 Å². The van der Waals surface area contributed by atoms with Gasteiger partial charge >= 0.3 is 0 Å². The van der Waals surface area contributed by atoms with Crippen molar-refractivity contribution in [2.75, 3.05) is 38.2 Å². The number of anilines is 1. The van der Waals surface area contributed by atoms with Gasteiger partial charge in [0.05, 0.1) is 17.3 Å². The van der Waals surface area contributed by atoms with E-state index in [9.17, 15) is 4.79 Å². The highest BCUT2D eigenvalue weighted by molar-refractivity contribution is 7.22. The van der Waals surface area contributed by atoms with E-state index in [0.717, 1.165) is 39.9 Å².